The second-order valence-corrected chi connectivity index (χ2v) is 5.88. The number of carbonyl (C=O) groups excluding carboxylic acids is 2. The summed E-state index contributed by atoms with van der Waals surface area (Å²) in [5.41, 5.74) is 5.77. The molecule has 0 aromatic carbocycles. The van der Waals surface area contributed by atoms with E-state index >= 15 is 0 Å². The van der Waals surface area contributed by atoms with Crippen molar-refractivity contribution < 1.29 is 9.59 Å². The number of fused-ring (bicyclic) bond motifs is 1. The second-order valence-electron chi connectivity index (χ2n) is 5.88. The fourth-order valence-electron chi connectivity index (χ4n) is 3.34. The number of hydrogen-bond donors (Lipinski definition) is 2. The minimum atomic E-state index is -0.811. The van der Waals surface area contributed by atoms with Gasteiger partial charge < -0.3 is 11.1 Å². The Bertz CT molecular complexity index is 531. The predicted molar refractivity (Wildman–Crippen MR) is 72.6 cm³/mol. The van der Waals surface area contributed by atoms with Crippen molar-refractivity contribution in [3.63, 3.8) is 0 Å². The zero-order valence-electron chi connectivity index (χ0n) is 11.5. The molecule has 2 aliphatic rings. The summed E-state index contributed by atoms with van der Waals surface area (Å²) >= 11 is 0. The lowest BCUT2D eigenvalue weighted by Crippen LogP contribution is -2.57. The number of carbonyl (C=O) groups is 2. The van der Waals surface area contributed by atoms with E-state index in [1.165, 1.54) is 0 Å². The Morgan fingerprint density at radius 1 is 1.40 bits per heavy atom. The van der Waals surface area contributed by atoms with Crippen LogP contribution in [0.1, 0.15) is 37.8 Å². The first-order chi connectivity index (χ1) is 9.61. The molecule has 1 unspecified atom stereocenters. The van der Waals surface area contributed by atoms with Crippen LogP contribution in [0.4, 0.5) is 0 Å². The van der Waals surface area contributed by atoms with Gasteiger partial charge in [0.05, 0.1) is 0 Å². The maximum absolute atomic E-state index is 12.4. The molecule has 3 N–H and O–H groups in total. The van der Waals surface area contributed by atoms with Crippen molar-refractivity contribution in [3.8, 4) is 0 Å². The molecule has 2 amide bonds. The van der Waals surface area contributed by atoms with Crippen LogP contribution in [0, 0.1) is 5.92 Å². The average Bonchev–Trinajstić information content (AvgIpc) is 3.06. The highest BCUT2D eigenvalue weighted by Gasteiger charge is 2.42. The second kappa shape index (κ2) is 4.92. The number of nitrogens with one attached hydrogen (secondary N) is 1. The van der Waals surface area contributed by atoms with E-state index in [1.807, 2.05) is 10.7 Å². The van der Waals surface area contributed by atoms with Crippen molar-refractivity contribution in [1.29, 1.82) is 0 Å². The van der Waals surface area contributed by atoms with Crippen LogP contribution in [0.2, 0.25) is 0 Å². The minimum Gasteiger partial charge on any atom is -0.368 e. The molecule has 20 heavy (non-hydrogen) atoms. The van der Waals surface area contributed by atoms with E-state index in [9.17, 15) is 9.59 Å². The summed E-state index contributed by atoms with van der Waals surface area (Å²) in [6.45, 7) is 0.754. The van der Waals surface area contributed by atoms with Gasteiger partial charge in [-0.05, 0) is 25.3 Å². The summed E-state index contributed by atoms with van der Waals surface area (Å²) in [7, 11) is 0. The Kier molecular flexibility index (Phi) is 3.23. The maximum Gasteiger partial charge on any atom is 0.243 e. The Balaban J connectivity index is 1.69. The molecule has 6 nitrogen and oxygen atoms in total. The number of amides is 2. The molecule has 108 valence electrons. The highest BCUT2D eigenvalue weighted by molar-refractivity contribution is 5.91. The fourth-order valence-corrected chi connectivity index (χ4v) is 3.34. The maximum atomic E-state index is 12.4. The number of rotatable bonds is 3. The third-order valence-electron chi connectivity index (χ3n) is 4.61. The highest BCUT2D eigenvalue weighted by atomic mass is 16.2. The number of aryl methyl sites for hydroxylation is 1. The molecule has 3 rings (SSSR count). The number of nitrogens with zero attached hydrogens (tertiary/aromatic N) is 2. The van der Waals surface area contributed by atoms with Crippen LogP contribution in [-0.4, -0.2) is 27.1 Å². The molecule has 1 fully saturated rings. The van der Waals surface area contributed by atoms with Crippen LogP contribution in [0.5, 0.6) is 0 Å². The summed E-state index contributed by atoms with van der Waals surface area (Å²) < 4.78 is 1.93. The van der Waals surface area contributed by atoms with Gasteiger partial charge in [0.1, 0.15) is 5.54 Å². The molecule has 0 saturated heterocycles. The van der Waals surface area contributed by atoms with Crippen molar-refractivity contribution in [2.24, 2.45) is 11.7 Å². The van der Waals surface area contributed by atoms with Gasteiger partial charge in [0.25, 0.3) is 0 Å². The SMILES string of the molecule is NC(=O)C1(NC(=O)C2CCn3nccc3C2)CCCC1. The zero-order valence-corrected chi connectivity index (χ0v) is 11.5. The topological polar surface area (TPSA) is 90.0 Å². The smallest absolute Gasteiger partial charge is 0.243 e. The van der Waals surface area contributed by atoms with Gasteiger partial charge in [-0.15, -0.1) is 0 Å². The van der Waals surface area contributed by atoms with Gasteiger partial charge in [0.2, 0.25) is 11.8 Å². The van der Waals surface area contributed by atoms with Gasteiger partial charge in [-0.25, -0.2) is 0 Å². The predicted octanol–water partition coefficient (Wildman–Crippen LogP) is 0.360. The van der Waals surface area contributed by atoms with Gasteiger partial charge in [0, 0.05) is 30.8 Å². The molecule has 1 saturated carbocycles. The summed E-state index contributed by atoms with van der Waals surface area (Å²) in [6, 6.07) is 1.94. The molecule has 1 aromatic rings. The summed E-state index contributed by atoms with van der Waals surface area (Å²) in [4.78, 5) is 24.1. The van der Waals surface area contributed by atoms with Gasteiger partial charge in [0.15, 0.2) is 0 Å². The number of aromatic nitrogens is 2. The van der Waals surface area contributed by atoms with Crippen LogP contribution in [-0.2, 0) is 22.6 Å². The van der Waals surface area contributed by atoms with Crippen molar-refractivity contribution in [2.45, 2.75) is 50.6 Å². The number of hydrogen-bond acceptors (Lipinski definition) is 3. The molecule has 0 spiro atoms. The van der Waals surface area contributed by atoms with E-state index < -0.39 is 11.4 Å². The third kappa shape index (κ3) is 2.19. The summed E-state index contributed by atoms with van der Waals surface area (Å²) in [5.74, 6) is -0.529. The lowest BCUT2D eigenvalue weighted by Gasteiger charge is -2.30. The van der Waals surface area contributed by atoms with Gasteiger partial charge >= 0.3 is 0 Å². The van der Waals surface area contributed by atoms with Crippen LogP contribution in [0.3, 0.4) is 0 Å². The van der Waals surface area contributed by atoms with Crippen LogP contribution in [0.15, 0.2) is 12.3 Å². The highest BCUT2D eigenvalue weighted by Crippen LogP contribution is 2.30. The van der Waals surface area contributed by atoms with Gasteiger partial charge in [-0.2, -0.15) is 5.10 Å². The standard InChI is InChI=1S/C14H20N4O2/c15-13(20)14(5-1-2-6-14)17-12(19)10-4-8-18-11(9-10)3-7-16-18/h3,7,10H,1-2,4-6,8-9H2,(H2,15,20)(H,17,19). The van der Waals surface area contributed by atoms with Crippen molar-refractivity contribution in [3.05, 3.63) is 18.0 Å². The van der Waals surface area contributed by atoms with E-state index in [0.29, 0.717) is 19.3 Å². The molecule has 0 radical (unpaired) electrons. The van der Waals surface area contributed by atoms with Crippen molar-refractivity contribution in [1.82, 2.24) is 15.1 Å². The van der Waals surface area contributed by atoms with E-state index in [4.69, 9.17) is 5.73 Å². The lowest BCUT2D eigenvalue weighted by molar-refractivity contribution is -0.134. The normalized spacial score (nSPS) is 24.1. The lowest BCUT2D eigenvalue weighted by atomic mass is 9.91. The van der Waals surface area contributed by atoms with Crippen LogP contribution >= 0.6 is 0 Å². The minimum absolute atomic E-state index is 0.0434. The molecule has 1 aliphatic carbocycles. The first-order valence-electron chi connectivity index (χ1n) is 7.23. The van der Waals surface area contributed by atoms with E-state index in [1.54, 1.807) is 6.20 Å². The Labute approximate surface area is 117 Å². The van der Waals surface area contributed by atoms with Crippen molar-refractivity contribution in [2.75, 3.05) is 0 Å². The van der Waals surface area contributed by atoms with E-state index in [0.717, 1.165) is 31.5 Å². The zero-order chi connectivity index (χ0) is 14.2. The molecule has 1 aromatic heterocycles. The first kappa shape index (κ1) is 13.1. The van der Waals surface area contributed by atoms with Gasteiger partial charge in [-0.1, -0.05) is 12.8 Å². The van der Waals surface area contributed by atoms with Gasteiger partial charge in [-0.3, -0.25) is 14.3 Å². The Hall–Kier alpha value is -1.85. The van der Waals surface area contributed by atoms with Crippen LogP contribution in [0.25, 0.3) is 0 Å². The molecule has 2 heterocycles. The number of primary amides is 1. The quantitative estimate of drug-likeness (QED) is 0.835. The Morgan fingerprint density at radius 2 is 2.15 bits per heavy atom. The molecule has 1 aliphatic heterocycles. The molecule has 6 heteroatoms. The molecular weight excluding hydrogens is 256 g/mol. The largest absolute Gasteiger partial charge is 0.368 e. The summed E-state index contributed by atoms with van der Waals surface area (Å²) in [5, 5.41) is 7.15. The van der Waals surface area contributed by atoms with E-state index in [2.05, 4.69) is 10.4 Å². The monoisotopic (exact) mass is 276 g/mol. The van der Waals surface area contributed by atoms with Crippen LogP contribution < -0.4 is 11.1 Å². The summed E-state index contributed by atoms with van der Waals surface area (Å²) in [6.07, 6.45) is 6.42. The Morgan fingerprint density at radius 3 is 2.85 bits per heavy atom. The van der Waals surface area contributed by atoms with E-state index in [-0.39, 0.29) is 11.8 Å². The molecular formula is C14H20N4O2. The van der Waals surface area contributed by atoms with Crippen molar-refractivity contribution >= 4 is 11.8 Å². The third-order valence-corrected chi connectivity index (χ3v) is 4.61. The fraction of sp³-hybridized carbons (Fsp3) is 0.643. The molecule has 0 bridgehead atoms. The molecule has 1 atom stereocenters. The average molecular weight is 276 g/mol. The number of nitrogens with two attached hydrogens (primary N) is 1. The first-order valence-corrected chi connectivity index (χ1v) is 7.23.